The molecule has 0 bridgehead atoms. The van der Waals surface area contributed by atoms with E-state index >= 15 is 0 Å². The van der Waals surface area contributed by atoms with E-state index in [1.54, 1.807) is 31.6 Å². The Balaban J connectivity index is 1.82. The molecule has 0 saturated heterocycles. The largest absolute Gasteiger partial charge is 0.454 e. The van der Waals surface area contributed by atoms with Gasteiger partial charge in [-0.1, -0.05) is 6.07 Å². The first-order valence-corrected chi connectivity index (χ1v) is 8.19. The van der Waals surface area contributed by atoms with E-state index in [1.165, 1.54) is 6.07 Å². The van der Waals surface area contributed by atoms with E-state index in [4.69, 9.17) is 4.74 Å². The summed E-state index contributed by atoms with van der Waals surface area (Å²) in [6, 6.07) is 12.5. The smallest absolute Gasteiger partial charge is 0.167 e. The van der Waals surface area contributed by atoms with Crippen LogP contribution in [0.5, 0.6) is 11.5 Å². The molecule has 0 atom stereocenters. The van der Waals surface area contributed by atoms with Gasteiger partial charge in [-0.25, -0.2) is 4.39 Å². The molecular formula is C20H17FN4O. The van der Waals surface area contributed by atoms with Gasteiger partial charge in [0.15, 0.2) is 11.6 Å². The normalized spacial score (nSPS) is 10.9. The molecule has 4 rings (SSSR count). The molecule has 5 nitrogen and oxygen atoms in total. The van der Waals surface area contributed by atoms with Crippen molar-refractivity contribution in [2.45, 2.75) is 6.92 Å². The minimum atomic E-state index is -0.433. The summed E-state index contributed by atoms with van der Waals surface area (Å²) >= 11 is 0. The standard InChI is InChI=1S/C20H17FN4O/c1-12-3-4-13(10-23-12)16-9-18-14(11-24-25-18)7-20(16)26-19-6-5-15(22-2)8-17(19)21/h3-11,22H,1-2H3,(H,24,25). The van der Waals surface area contributed by atoms with Gasteiger partial charge in [-0.2, -0.15) is 5.10 Å². The monoisotopic (exact) mass is 348 g/mol. The highest BCUT2D eigenvalue weighted by molar-refractivity contribution is 5.88. The Morgan fingerprint density at radius 1 is 1.04 bits per heavy atom. The van der Waals surface area contributed by atoms with Gasteiger partial charge in [0.2, 0.25) is 0 Å². The van der Waals surface area contributed by atoms with Gasteiger partial charge in [-0.15, -0.1) is 0 Å². The first kappa shape index (κ1) is 16.1. The number of pyridine rings is 1. The van der Waals surface area contributed by atoms with Crippen LogP contribution in [-0.2, 0) is 0 Å². The molecule has 4 aromatic rings. The quantitative estimate of drug-likeness (QED) is 0.550. The minimum absolute atomic E-state index is 0.160. The van der Waals surface area contributed by atoms with Crippen molar-refractivity contribution in [2.24, 2.45) is 0 Å². The molecule has 2 heterocycles. The Morgan fingerprint density at radius 2 is 1.92 bits per heavy atom. The maximum Gasteiger partial charge on any atom is 0.167 e. The number of aryl methyl sites for hydroxylation is 1. The van der Waals surface area contributed by atoms with E-state index in [-0.39, 0.29) is 5.75 Å². The number of halogens is 1. The zero-order valence-electron chi connectivity index (χ0n) is 14.4. The zero-order chi connectivity index (χ0) is 18.1. The van der Waals surface area contributed by atoms with Gasteiger partial charge in [0.25, 0.3) is 0 Å². The number of anilines is 1. The number of benzene rings is 2. The molecule has 2 aromatic carbocycles. The molecule has 2 N–H and O–H groups in total. The van der Waals surface area contributed by atoms with Crippen molar-refractivity contribution in [1.82, 2.24) is 15.2 Å². The number of aromatic amines is 1. The van der Waals surface area contributed by atoms with Gasteiger partial charge < -0.3 is 10.1 Å². The SMILES string of the molecule is CNc1ccc(Oc2cc3cn[nH]c3cc2-c2ccc(C)nc2)c(F)c1. The van der Waals surface area contributed by atoms with Crippen molar-refractivity contribution in [1.29, 1.82) is 0 Å². The Morgan fingerprint density at radius 3 is 2.65 bits per heavy atom. The van der Waals surface area contributed by atoms with Crippen LogP contribution in [0.15, 0.2) is 54.9 Å². The molecule has 0 amide bonds. The Hall–Kier alpha value is -3.41. The number of nitrogens with one attached hydrogen (secondary N) is 2. The predicted molar refractivity (Wildman–Crippen MR) is 100 cm³/mol. The highest BCUT2D eigenvalue weighted by atomic mass is 19.1. The highest BCUT2D eigenvalue weighted by Gasteiger charge is 2.13. The minimum Gasteiger partial charge on any atom is -0.454 e. The number of nitrogens with zero attached hydrogens (tertiary/aromatic N) is 2. The molecule has 130 valence electrons. The lowest BCUT2D eigenvalue weighted by Crippen LogP contribution is -1.94. The number of fused-ring (bicyclic) bond motifs is 1. The van der Waals surface area contributed by atoms with E-state index in [0.29, 0.717) is 11.4 Å². The fraction of sp³-hybridized carbons (Fsp3) is 0.100. The summed E-state index contributed by atoms with van der Waals surface area (Å²) in [4.78, 5) is 4.35. The van der Waals surface area contributed by atoms with Crippen LogP contribution in [0.25, 0.3) is 22.0 Å². The fourth-order valence-electron chi connectivity index (χ4n) is 2.77. The zero-order valence-corrected chi connectivity index (χ0v) is 14.4. The van der Waals surface area contributed by atoms with Crippen LogP contribution in [0.2, 0.25) is 0 Å². The van der Waals surface area contributed by atoms with Crippen LogP contribution in [-0.4, -0.2) is 22.2 Å². The van der Waals surface area contributed by atoms with Gasteiger partial charge in [0, 0.05) is 47.2 Å². The van der Waals surface area contributed by atoms with Crippen LogP contribution in [0.1, 0.15) is 5.69 Å². The summed E-state index contributed by atoms with van der Waals surface area (Å²) in [6.45, 7) is 1.93. The van der Waals surface area contributed by atoms with E-state index in [0.717, 1.165) is 27.7 Å². The molecule has 0 spiro atoms. The third kappa shape index (κ3) is 2.97. The van der Waals surface area contributed by atoms with Crippen molar-refractivity contribution >= 4 is 16.6 Å². The second kappa shape index (κ2) is 6.48. The van der Waals surface area contributed by atoms with Gasteiger partial charge in [-0.05, 0) is 37.3 Å². The fourth-order valence-corrected chi connectivity index (χ4v) is 2.77. The predicted octanol–water partition coefficient (Wildman–Crippen LogP) is 4.91. The summed E-state index contributed by atoms with van der Waals surface area (Å²) < 4.78 is 20.3. The lowest BCUT2D eigenvalue weighted by molar-refractivity contribution is 0.444. The number of hydrogen-bond donors (Lipinski definition) is 2. The van der Waals surface area contributed by atoms with Crippen molar-refractivity contribution in [3.8, 4) is 22.6 Å². The lowest BCUT2D eigenvalue weighted by atomic mass is 10.0. The molecule has 0 radical (unpaired) electrons. The lowest BCUT2D eigenvalue weighted by Gasteiger charge is -2.13. The van der Waals surface area contributed by atoms with Crippen LogP contribution >= 0.6 is 0 Å². The third-order valence-corrected chi connectivity index (χ3v) is 4.20. The molecular weight excluding hydrogens is 331 g/mol. The maximum atomic E-state index is 14.4. The topological polar surface area (TPSA) is 62.8 Å². The summed E-state index contributed by atoms with van der Waals surface area (Å²) in [5.74, 6) is 0.269. The molecule has 0 aliphatic rings. The average Bonchev–Trinajstić information content (AvgIpc) is 3.11. The molecule has 0 aliphatic heterocycles. The highest BCUT2D eigenvalue weighted by Crippen LogP contribution is 2.37. The maximum absolute atomic E-state index is 14.4. The molecule has 0 unspecified atom stereocenters. The van der Waals surface area contributed by atoms with Gasteiger partial charge >= 0.3 is 0 Å². The molecule has 0 saturated carbocycles. The molecule has 0 fully saturated rings. The average molecular weight is 348 g/mol. The summed E-state index contributed by atoms with van der Waals surface area (Å²) in [7, 11) is 1.74. The Kier molecular flexibility index (Phi) is 4.01. The number of H-pyrrole nitrogens is 1. The third-order valence-electron chi connectivity index (χ3n) is 4.20. The molecule has 0 aliphatic carbocycles. The number of ether oxygens (including phenoxy) is 1. The van der Waals surface area contributed by atoms with Crippen molar-refractivity contribution < 1.29 is 9.13 Å². The van der Waals surface area contributed by atoms with Gasteiger partial charge in [0.1, 0.15) is 5.75 Å². The van der Waals surface area contributed by atoms with E-state index < -0.39 is 5.82 Å². The second-order valence-corrected chi connectivity index (χ2v) is 5.99. The number of aromatic nitrogens is 3. The Labute approximate surface area is 149 Å². The van der Waals surface area contributed by atoms with Crippen LogP contribution in [0.4, 0.5) is 10.1 Å². The first-order valence-electron chi connectivity index (χ1n) is 8.19. The van der Waals surface area contributed by atoms with E-state index in [9.17, 15) is 4.39 Å². The van der Waals surface area contributed by atoms with Gasteiger partial charge in [-0.3, -0.25) is 10.1 Å². The summed E-state index contributed by atoms with van der Waals surface area (Å²) in [5, 5.41) is 10.8. The van der Waals surface area contributed by atoms with Crippen LogP contribution in [0, 0.1) is 12.7 Å². The van der Waals surface area contributed by atoms with E-state index in [1.807, 2.05) is 31.2 Å². The number of hydrogen-bond acceptors (Lipinski definition) is 4. The molecule has 6 heteroatoms. The van der Waals surface area contributed by atoms with Crippen LogP contribution in [0.3, 0.4) is 0 Å². The van der Waals surface area contributed by atoms with Crippen molar-refractivity contribution in [2.75, 3.05) is 12.4 Å². The number of rotatable bonds is 4. The summed E-state index contributed by atoms with van der Waals surface area (Å²) in [5.41, 5.74) is 4.18. The second-order valence-electron chi connectivity index (χ2n) is 5.99. The first-order chi connectivity index (χ1) is 12.6. The molecule has 2 aromatic heterocycles. The van der Waals surface area contributed by atoms with Crippen LogP contribution < -0.4 is 10.1 Å². The van der Waals surface area contributed by atoms with Crippen molar-refractivity contribution in [3.05, 3.63) is 66.4 Å². The molecule has 26 heavy (non-hydrogen) atoms. The summed E-state index contributed by atoms with van der Waals surface area (Å²) in [6.07, 6.45) is 3.49. The van der Waals surface area contributed by atoms with E-state index in [2.05, 4.69) is 20.5 Å². The van der Waals surface area contributed by atoms with Crippen molar-refractivity contribution in [3.63, 3.8) is 0 Å². The Bertz CT molecular complexity index is 1070. The van der Waals surface area contributed by atoms with Gasteiger partial charge in [0.05, 0.1) is 11.7 Å².